The fraction of sp³-hybridized carbons (Fsp3) is 0.217. The SMILES string of the molecule is C=C.CC1=CC=CCC1.CCC.Cc1ccc(C)cc1.Cc1ccc(N(c2ccccc2)c2ccc3c(c2)C(C)(C)c2ccccc2-3)cc1-c1ccc(C)c(-c2ccccc2C)c1.Cc1ccccc1. The summed E-state index contributed by atoms with van der Waals surface area (Å²) in [5.41, 5.74) is 23.3. The van der Waals surface area contributed by atoms with Gasteiger partial charge in [0.05, 0.1) is 0 Å². The lowest BCUT2D eigenvalue weighted by atomic mass is 9.82. The summed E-state index contributed by atoms with van der Waals surface area (Å²) in [6, 6.07) is 67.8. The molecular weight excluding hydrogens is 843 g/mol. The molecule has 0 bridgehead atoms. The lowest BCUT2D eigenvalue weighted by Crippen LogP contribution is -2.16. The van der Waals surface area contributed by atoms with Crippen molar-refractivity contribution >= 4 is 17.1 Å². The van der Waals surface area contributed by atoms with E-state index in [-0.39, 0.29) is 5.41 Å². The molecule has 8 aromatic rings. The molecule has 358 valence electrons. The molecule has 0 amide bonds. The van der Waals surface area contributed by atoms with E-state index in [1.807, 2.05) is 18.2 Å². The van der Waals surface area contributed by atoms with Crippen LogP contribution in [0.25, 0.3) is 33.4 Å². The number of para-hydroxylation sites is 1. The molecule has 0 unspecified atom stereocenters. The van der Waals surface area contributed by atoms with Gasteiger partial charge in [-0.05, 0) is 165 Å². The van der Waals surface area contributed by atoms with Gasteiger partial charge in [0.1, 0.15) is 0 Å². The zero-order valence-electron chi connectivity index (χ0n) is 44.1. The fourth-order valence-electron chi connectivity index (χ4n) is 8.76. The van der Waals surface area contributed by atoms with Crippen LogP contribution in [0.4, 0.5) is 17.1 Å². The summed E-state index contributed by atoms with van der Waals surface area (Å²) in [7, 11) is 0. The Hall–Kier alpha value is -7.22. The molecule has 1 nitrogen and oxygen atoms in total. The van der Waals surface area contributed by atoms with Crippen LogP contribution in [-0.2, 0) is 5.41 Å². The van der Waals surface area contributed by atoms with E-state index in [1.54, 1.807) is 0 Å². The quantitative estimate of drug-likeness (QED) is 0.156. The number of hydrogen-bond donors (Lipinski definition) is 0. The van der Waals surface area contributed by atoms with Crippen LogP contribution in [0.3, 0.4) is 0 Å². The number of nitrogens with zero attached hydrogens (tertiary/aromatic N) is 1. The third kappa shape index (κ3) is 14.2. The van der Waals surface area contributed by atoms with Gasteiger partial charge in [0, 0.05) is 22.5 Å². The van der Waals surface area contributed by atoms with Crippen LogP contribution in [0.5, 0.6) is 0 Å². The Morgan fingerprint density at radius 2 is 0.914 bits per heavy atom. The van der Waals surface area contributed by atoms with E-state index in [0.717, 1.165) is 11.4 Å². The van der Waals surface area contributed by atoms with Crippen molar-refractivity contribution in [2.24, 2.45) is 0 Å². The van der Waals surface area contributed by atoms with Crippen LogP contribution in [0.15, 0.2) is 225 Å². The predicted molar refractivity (Wildman–Crippen MR) is 310 cm³/mol. The number of hydrogen-bond acceptors (Lipinski definition) is 1. The van der Waals surface area contributed by atoms with Gasteiger partial charge in [-0.3, -0.25) is 0 Å². The number of fused-ring (bicyclic) bond motifs is 3. The molecule has 0 atom stereocenters. The van der Waals surface area contributed by atoms with Gasteiger partial charge in [-0.25, -0.2) is 0 Å². The van der Waals surface area contributed by atoms with Crippen molar-refractivity contribution in [3.05, 3.63) is 270 Å². The Morgan fingerprint density at radius 3 is 1.47 bits per heavy atom. The van der Waals surface area contributed by atoms with Crippen LogP contribution < -0.4 is 4.90 Å². The molecule has 2 aliphatic rings. The minimum Gasteiger partial charge on any atom is -0.310 e. The Bertz CT molecular complexity index is 2910. The Labute approximate surface area is 423 Å². The smallest absolute Gasteiger partial charge is 0.0467 e. The van der Waals surface area contributed by atoms with Gasteiger partial charge in [0.15, 0.2) is 0 Å². The second-order valence-corrected chi connectivity index (χ2v) is 18.9. The van der Waals surface area contributed by atoms with Crippen molar-refractivity contribution in [1.82, 2.24) is 0 Å². The van der Waals surface area contributed by atoms with Gasteiger partial charge >= 0.3 is 0 Å². The molecule has 0 fully saturated rings. The molecule has 0 N–H and O–H groups in total. The second kappa shape index (κ2) is 26.5. The topological polar surface area (TPSA) is 3.24 Å². The molecule has 70 heavy (non-hydrogen) atoms. The highest BCUT2D eigenvalue weighted by molar-refractivity contribution is 5.87. The van der Waals surface area contributed by atoms with Crippen LogP contribution >= 0.6 is 0 Å². The minimum absolute atomic E-state index is 0.0589. The molecule has 0 aromatic heterocycles. The van der Waals surface area contributed by atoms with E-state index < -0.39 is 0 Å². The Kier molecular flexibility index (Phi) is 20.4. The monoisotopic (exact) mass is 920 g/mol. The predicted octanol–water partition coefficient (Wildman–Crippen LogP) is 20.5. The molecule has 8 aromatic carbocycles. The summed E-state index contributed by atoms with van der Waals surface area (Å²) in [4.78, 5) is 2.40. The number of aryl methyl sites for hydroxylation is 6. The number of anilines is 3. The summed E-state index contributed by atoms with van der Waals surface area (Å²) in [5, 5.41) is 0. The van der Waals surface area contributed by atoms with Gasteiger partial charge in [-0.15, -0.1) is 13.2 Å². The molecule has 0 spiro atoms. The third-order valence-electron chi connectivity index (χ3n) is 12.7. The lowest BCUT2D eigenvalue weighted by molar-refractivity contribution is 0.660. The standard InChI is InChI=1S/C42H37N.C8H10.C7H10.C7H8.C3H8.C2H4/c1-28-13-9-10-16-35(28)39-25-31(21-19-30(39)3)38-26-33(22-20-29(38)2)43(32-14-7-6-8-15-32)34-23-24-37-36-17-11-12-18-40(36)42(4,5)41(37)27-34;1-7-3-5-8(2)6-4-7;2*1-7-5-3-2-4-6-7;1-3-2;1-2/h6-27H,1-5H3;3-6H,1-2H3;2-3,5H,4,6H2,1H3;2-6H,1H3;3H2,1-2H3;1-2H2. The number of allylic oxidation sites excluding steroid dienone is 4. The van der Waals surface area contributed by atoms with Crippen molar-refractivity contribution in [1.29, 1.82) is 0 Å². The summed E-state index contributed by atoms with van der Waals surface area (Å²) in [6.45, 7) is 30.0. The van der Waals surface area contributed by atoms with Gasteiger partial charge in [0.25, 0.3) is 0 Å². The molecule has 0 saturated heterocycles. The second-order valence-electron chi connectivity index (χ2n) is 18.9. The van der Waals surface area contributed by atoms with E-state index in [1.165, 1.54) is 108 Å². The molecule has 1 heteroatoms. The minimum atomic E-state index is -0.0589. The summed E-state index contributed by atoms with van der Waals surface area (Å²) < 4.78 is 0. The average molecular weight is 920 g/mol. The van der Waals surface area contributed by atoms with Crippen molar-refractivity contribution in [3.8, 4) is 33.4 Å². The highest BCUT2D eigenvalue weighted by atomic mass is 15.1. The zero-order chi connectivity index (χ0) is 50.6. The first-order valence-corrected chi connectivity index (χ1v) is 25.1. The first-order valence-electron chi connectivity index (χ1n) is 25.1. The highest BCUT2D eigenvalue weighted by Gasteiger charge is 2.35. The number of benzene rings is 8. The molecule has 0 saturated carbocycles. The molecular formula is C69H77N. The van der Waals surface area contributed by atoms with Crippen LogP contribution in [0.2, 0.25) is 0 Å². The van der Waals surface area contributed by atoms with Crippen molar-refractivity contribution in [2.45, 2.75) is 101 Å². The van der Waals surface area contributed by atoms with Crippen LogP contribution in [0.1, 0.15) is 98.4 Å². The fourth-order valence-corrected chi connectivity index (χ4v) is 8.76. The van der Waals surface area contributed by atoms with Crippen LogP contribution in [-0.4, -0.2) is 0 Å². The first-order chi connectivity index (χ1) is 33.8. The largest absolute Gasteiger partial charge is 0.310 e. The molecule has 0 heterocycles. The van der Waals surface area contributed by atoms with Crippen LogP contribution in [0, 0.1) is 41.5 Å². The first kappa shape index (κ1) is 53.7. The summed E-state index contributed by atoms with van der Waals surface area (Å²) >= 11 is 0. The van der Waals surface area contributed by atoms with Crippen molar-refractivity contribution in [2.75, 3.05) is 4.90 Å². The van der Waals surface area contributed by atoms with Crippen molar-refractivity contribution in [3.63, 3.8) is 0 Å². The van der Waals surface area contributed by atoms with E-state index in [4.69, 9.17) is 0 Å². The van der Waals surface area contributed by atoms with E-state index in [9.17, 15) is 0 Å². The van der Waals surface area contributed by atoms with Gasteiger partial charge in [-0.2, -0.15) is 0 Å². The Morgan fingerprint density at radius 1 is 0.429 bits per heavy atom. The third-order valence-corrected chi connectivity index (χ3v) is 12.7. The average Bonchev–Trinajstić information content (AvgIpc) is 3.61. The summed E-state index contributed by atoms with van der Waals surface area (Å²) in [5.74, 6) is 0. The van der Waals surface area contributed by atoms with Gasteiger partial charge in [-0.1, -0.05) is 220 Å². The maximum Gasteiger partial charge on any atom is 0.0467 e. The van der Waals surface area contributed by atoms with E-state index >= 15 is 0 Å². The molecule has 2 aliphatic carbocycles. The lowest BCUT2D eigenvalue weighted by Gasteiger charge is -2.28. The normalized spacial score (nSPS) is 12.1. The van der Waals surface area contributed by atoms with Gasteiger partial charge in [0.2, 0.25) is 0 Å². The van der Waals surface area contributed by atoms with E-state index in [2.05, 4.69) is 282 Å². The summed E-state index contributed by atoms with van der Waals surface area (Å²) in [6.07, 6.45) is 10.2. The molecule has 10 rings (SSSR count). The van der Waals surface area contributed by atoms with E-state index in [0.29, 0.717) is 0 Å². The highest BCUT2D eigenvalue weighted by Crippen LogP contribution is 2.50. The maximum absolute atomic E-state index is 3.00. The number of rotatable bonds is 5. The molecule has 0 radical (unpaired) electrons. The van der Waals surface area contributed by atoms with Gasteiger partial charge < -0.3 is 4.90 Å². The van der Waals surface area contributed by atoms with Crippen molar-refractivity contribution < 1.29 is 0 Å². The zero-order valence-corrected chi connectivity index (χ0v) is 44.1. The Balaban J connectivity index is 0.000000273. The molecule has 0 aliphatic heterocycles. The maximum atomic E-state index is 3.00.